The zero-order chi connectivity index (χ0) is 12.6. The van der Waals surface area contributed by atoms with Crippen LogP contribution in [0.4, 0.5) is 0 Å². The lowest BCUT2D eigenvalue weighted by Crippen LogP contribution is -2.40. The van der Waals surface area contributed by atoms with Gasteiger partial charge in [0.25, 0.3) is 0 Å². The van der Waals surface area contributed by atoms with Crippen LogP contribution in [-0.2, 0) is 9.59 Å². The summed E-state index contributed by atoms with van der Waals surface area (Å²) in [5.74, 6) is 0.0177. The summed E-state index contributed by atoms with van der Waals surface area (Å²) in [6.45, 7) is 5.74. The summed E-state index contributed by atoms with van der Waals surface area (Å²) < 4.78 is 0. The Bertz CT molecular complexity index is 330. The molecule has 1 aliphatic heterocycles. The molecule has 1 saturated heterocycles. The number of likely N-dealkylation sites (tertiary alicyclic amines) is 1. The second-order valence-electron chi connectivity index (χ2n) is 6.11. The highest BCUT2D eigenvalue weighted by Gasteiger charge is 2.52. The lowest BCUT2D eigenvalue weighted by molar-refractivity contribution is -0.139. The van der Waals surface area contributed by atoms with E-state index in [1.807, 2.05) is 4.90 Å². The van der Waals surface area contributed by atoms with Crippen LogP contribution in [0.15, 0.2) is 0 Å². The summed E-state index contributed by atoms with van der Waals surface area (Å²) in [5, 5.41) is 8.73. The summed E-state index contributed by atoms with van der Waals surface area (Å²) >= 11 is 0. The van der Waals surface area contributed by atoms with Gasteiger partial charge in [0.2, 0.25) is 5.91 Å². The third kappa shape index (κ3) is 2.79. The van der Waals surface area contributed by atoms with Crippen LogP contribution in [0.2, 0.25) is 0 Å². The van der Waals surface area contributed by atoms with E-state index in [4.69, 9.17) is 5.11 Å². The van der Waals surface area contributed by atoms with E-state index in [2.05, 4.69) is 13.8 Å². The molecular weight excluding hydrogens is 218 g/mol. The molecule has 0 bridgehead atoms. The smallest absolute Gasteiger partial charge is 0.303 e. The van der Waals surface area contributed by atoms with Gasteiger partial charge >= 0.3 is 5.97 Å². The van der Waals surface area contributed by atoms with Crippen molar-refractivity contribution in [3.63, 3.8) is 0 Å². The van der Waals surface area contributed by atoms with Crippen molar-refractivity contribution in [1.82, 2.24) is 4.90 Å². The number of hydrogen-bond donors (Lipinski definition) is 1. The number of carboxylic acids is 1. The average molecular weight is 239 g/mol. The molecule has 1 heterocycles. The predicted molar refractivity (Wildman–Crippen MR) is 63.4 cm³/mol. The lowest BCUT2D eigenvalue weighted by Gasteiger charge is -2.31. The second kappa shape index (κ2) is 4.31. The molecule has 0 aromatic heterocycles. The standard InChI is InChI=1S/C13H21NO3/c1-13(2)8-10(13)12(17)14-5-3-9(4-6-14)7-11(15)16/h9-10H,3-8H2,1-2H3,(H,15,16). The first-order valence-electron chi connectivity index (χ1n) is 6.41. The summed E-state index contributed by atoms with van der Waals surface area (Å²) in [6.07, 6.45) is 2.92. The molecule has 96 valence electrons. The highest BCUT2D eigenvalue weighted by Crippen LogP contribution is 2.52. The molecule has 0 aromatic carbocycles. The molecule has 17 heavy (non-hydrogen) atoms. The van der Waals surface area contributed by atoms with Gasteiger partial charge in [-0.3, -0.25) is 9.59 Å². The number of nitrogens with zero attached hydrogens (tertiary/aromatic N) is 1. The Balaban J connectivity index is 1.79. The fraction of sp³-hybridized carbons (Fsp3) is 0.846. The maximum atomic E-state index is 12.1. The summed E-state index contributed by atoms with van der Waals surface area (Å²) in [4.78, 5) is 24.6. The molecular formula is C13H21NO3. The topological polar surface area (TPSA) is 57.6 Å². The van der Waals surface area contributed by atoms with E-state index in [-0.39, 0.29) is 29.6 Å². The predicted octanol–water partition coefficient (Wildman–Crippen LogP) is 1.75. The van der Waals surface area contributed by atoms with Crippen LogP contribution in [-0.4, -0.2) is 35.0 Å². The average Bonchev–Trinajstić information content (AvgIpc) is 2.87. The van der Waals surface area contributed by atoms with Gasteiger partial charge < -0.3 is 10.0 Å². The first-order valence-corrected chi connectivity index (χ1v) is 6.41. The van der Waals surface area contributed by atoms with E-state index in [0.29, 0.717) is 0 Å². The summed E-state index contributed by atoms with van der Waals surface area (Å²) in [7, 11) is 0. The van der Waals surface area contributed by atoms with Crippen LogP contribution in [0.1, 0.15) is 39.5 Å². The number of carboxylic acid groups (broad SMARTS) is 1. The minimum atomic E-state index is -0.724. The Kier molecular flexibility index (Phi) is 3.15. The van der Waals surface area contributed by atoms with Gasteiger partial charge in [-0.15, -0.1) is 0 Å². The van der Waals surface area contributed by atoms with Crippen molar-refractivity contribution in [2.24, 2.45) is 17.3 Å². The largest absolute Gasteiger partial charge is 0.481 e. The molecule has 0 spiro atoms. The Morgan fingerprint density at radius 1 is 1.29 bits per heavy atom. The van der Waals surface area contributed by atoms with E-state index in [0.717, 1.165) is 32.4 Å². The van der Waals surface area contributed by atoms with Crippen LogP contribution >= 0.6 is 0 Å². The molecule has 2 aliphatic rings. The fourth-order valence-electron chi connectivity index (χ4n) is 2.71. The maximum Gasteiger partial charge on any atom is 0.303 e. The van der Waals surface area contributed by atoms with Crippen molar-refractivity contribution < 1.29 is 14.7 Å². The Labute approximate surface area is 102 Å². The van der Waals surface area contributed by atoms with Crippen LogP contribution < -0.4 is 0 Å². The number of carbonyl (C=O) groups excluding carboxylic acids is 1. The van der Waals surface area contributed by atoms with E-state index in [9.17, 15) is 9.59 Å². The zero-order valence-corrected chi connectivity index (χ0v) is 10.6. The van der Waals surface area contributed by atoms with Crippen LogP contribution in [0.25, 0.3) is 0 Å². The minimum Gasteiger partial charge on any atom is -0.481 e. The molecule has 1 atom stereocenters. The molecule has 4 heteroatoms. The van der Waals surface area contributed by atoms with Crippen LogP contribution in [0.3, 0.4) is 0 Å². The lowest BCUT2D eigenvalue weighted by atomic mass is 9.93. The molecule has 1 aliphatic carbocycles. The van der Waals surface area contributed by atoms with Crippen molar-refractivity contribution in [3.8, 4) is 0 Å². The SMILES string of the molecule is CC1(C)CC1C(=O)N1CCC(CC(=O)O)CC1. The van der Waals surface area contributed by atoms with Gasteiger partial charge in [-0.1, -0.05) is 13.8 Å². The van der Waals surface area contributed by atoms with E-state index in [1.54, 1.807) is 0 Å². The van der Waals surface area contributed by atoms with Gasteiger partial charge in [0.05, 0.1) is 0 Å². The van der Waals surface area contributed by atoms with Crippen molar-refractivity contribution in [2.45, 2.75) is 39.5 Å². The molecule has 1 saturated carbocycles. The number of aliphatic carboxylic acids is 1. The van der Waals surface area contributed by atoms with Gasteiger partial charge in [0, 0.05) is 25.4 Å². The first-order chi connectivity index (χ1) is 7.90. The molecule has 2 fully saturated rings. The monoisotopic (exact) mass is 239 g/mol. The zero-order valence-electron chi connectivity index (χ0n) is 10.6. The van der Waals surface area contributed by atoms with E-state index < -0.39 is 5.97 Å². The van der Waals surface area contributed by atoms with E-state index in [1.165, 1.54) is 0 Å². The molecule has 1 N–H and O–H groups in total. The third-order valence-electron chi connectivity index (χ3n) is 4.20. The van der Waals surface area contributed by atoms with Crippen LogP contribution in [0, 0.1) is 17.3 Å². The quantitative estimate of drug-likeness (QED) is 0.816. The van der Waals surface area contributed by atoms with Gasteiger partial charge in [-0.2, -0.15) is 0 Å². The number of rotatable bonds is 3. The third-order valence-corrected chi connectivity index (χ3v) is 4.20. The molecule has 0 aromatic rings. The first kappa shape index (κ1) is 12.4. The Hall–Kier alpha value is -1.06. The van der Waals surface area contributed by atoms with Gasteiger partial charge in [-0.05, 0) is 30.6 Å². The number of piperidine rings is 1. The maximum absolute atomic E-state index is 12.1. The van der Waals surface area contributed by atoms with Crippen molar-refractivity contribution in [3.05, 3.63) is 0 Å². The molecule has 4 nitrogen and oxygen atoms in total. The molecule has 0 radical (unpaired) electrons. The molecule has 1 amide bonds. The molecule has 2 rings (SSSR count). The van der Waals surface area contributed by atoms with Crippen molar-refractivity contribution in [2.75, 3.05) is 13.1 Å². The minimum absolute atomic E-state index is 0.189. The van der Waals surface area contributed by atoms with Gasteiger partial charge in [0.1, 0.15) is 0 Å². The molecule has 1 unspecified atom stereocenters. The fourth-order valence-corrected chi connectivity index (χ4v) is 2.71. The highest BCUT2D eigenvalue weighted by molar-refractivity contribution is 5.82. The Morgan fingerprint density at radius 2 is 1.82 bits per heavy atom. The highest BCUT2D eigenvalue weighted by atomic mass is 16.4. The van der Waals surface area contributed by atoms with E-state index >= 15 is 0 Å². The normalized spacial score (nSPS) is 27.9. The number of hydrogen-bond acceptors (Lipinski definition) is 2. The second-order valence-corrected chi connectivity index (χ2v) is 6.11. The summed E-state index contributed by atoms with van der Waals surface area (Å²) in [5.41, 5.74) is 0.189. The Morgan fingerprint density at radius 3 is 2.24 bits per heavy atom. The summed E-state index contributed by atoms with van der Waals surface area (Å²) in [6, 6.07) is 0. The van der Waals surface area contributed by atoms with Crippen LogP contribution in [0.5, 0.6) is 0 Å². The van der Waals surface area contributed by atoms with Gasteiger partial charge in [-0.25, -0.2) is 0 Å². The number of carbonyl (C=O) groups is 2. The van der Waals surface area contributed by atoms with Gasteiger partial charge in [0.15, 0.2) is 0 Å². The van der Waals surface area contributed by atoms with Crippen molar-refractivity contribution in [1.29, 1.82) is 0 Å². The number of amides is 1. The van der Waals surface area contributed by atoms with Crippen molar-refractivity contribution >= 4 is 11.9 Å².